The van der Waals surface area contributed by atoms with Crippen molar-refractivity contribution in [1.82, 2.24) is 20.0 Å². The van der Waals surface area contributed by atoms with Gasteiger partial charge in [0.25, 0.3) is 0 Å². The van der Waals surface area contributed by atoms with Gasteiger partial charge in [0, 0.05) is 24.8 Å². The fraction of sp³-hybridized carbons (Fsp3) is 0.500. The van der Waals surface area contributed by atoms with Crippen molar-refractivity contribution in [2.24, 2.45) is 7.05 Å². The maximum atomic E-state index is 12.3. The third kappa shape index (κ3) is 3.22. The minimum Gasteiger partial charge on any atom is -0.467 e. The summed E-state index contributed by atoms with van der Waals surface area (Å²) < 4.78 is 7.13. The molecule has 0 bridgehead atoms. The van der Waals surface area contributed by atoms with Crippen molar-refractivity contribution in [3.05, 3.63) is 42.1 Å². The van der Waals surface area contributed by atoms with E-state index < -0.39 is 0 Å². The van der Waals surface area contributed by atoms with Crippen molar-refractivity contribution in [2.75, 3.05) is 13.1 Å². The maximum Gasteiger partial charge on any atom is 0.234 e. The number of hydrogen-bond acceptors (Lipinski definition) is 4. The highest BCUT2D eigenvalue weighted by Crippen LogP contribution is 2.31. The topological polar surface area (TPSA) is 63.3 Å². The minimum atomic E-state index is -0.109. The lowest BCUT2D eigenvalue weighted by Gasteiger charge is -2.23. The molecule has 0 spiro atoms. The Morgan fingerprint density at radius 1 is 1.59 bits per heavy atom. The fourth-order valence-corrected chi connectivity index (χ4v) is 3.09. The van der Waals surface area contributed by atoms with E-state index in [1.165, 1.54) is 5.56 Å². The Balaban J connectivity index is 1.58. The molecule has 0 radical (unpaired) electrons. The van der Waals surface area contributed by atoms with Crippen molar-refractivity contribution in [1.29, 1.82) is 0 Å². The Hall–Kier alpha value is -2.08. The summed E-state index contributed by atoms with van der Waals surface area (Å²) in [5, 5.41) is 7.23. The standard InChI is InChI=1S/C16H22N4O2/c1-12(15-6-4-8-22-15)18-16(21)11-20-7-3-5-14(20)13-9-17-19(2)10-13/h4,6,8-10,12,14H,3,5,7,11H2,1-2H3,(H,18,21)/t12-,14+/m1/s1. The number of furan rings is 1. The van der Waals surface area contributed by atoms with Gasteiger partial charge in [-0.05, 0) is 38.4 Å². The maximum absolute atomic E-state index is 12.3. The van der Waals surface area contributed by atoms with E-state index in [2.05, 4.69) is 15.3 Å². The van der Waals surface area contributed by atoms with Gasteiger partial charge in [-0.15, -0.1) is 0 Å². The number of likely N-dealkylation sites (tertiary alicyclic amines) is 1. The number of aryl methyl sites for hydroxylation is 1. The van der Waals surface area contributed by atoms with Gasteiger partial charge < -0.3 is 9.73 Å². The molecule has 1 aliphatic heterocycles. The summed E-state index contributed by atoms with van der Waals surface area (Å²) in [6, 6.07) is 3.89. The van der Waals surface area contributed by atoms with Gasteiger partial charge in [-0.1, -0.05) is 0 Å². The van der Waals surface area contributed by atoms with Crippen LogP contribution < -0.4 is 5.32 Å². The van der Waals surface area contributed by atoms with Crippen LogP contribution in [0.25, 0.3) is 0 Å². The molecule has 2 atom stereocenters. The highest BCUT2D eigenvalue weighted by atomic mass is 16.3. The van der Waals surface area contributed by atoms with Crippen molar-refractivity contribution >= 4 is 5.91 Å². The Morgan fingerprint density at radius 2 is 2.45 bits per heavy atom. The highest BCUT2D eigenvalue weighted by molar-refractivity contribution is 5.78. The van der Waals surface area contributed by atoms with Crippen LogP contribution in [0.2, 0.25) is 0 Å². The number of carbonyl (C=O) groups excluding carboxylic acids is 1. The van der Waals surface area contributed by atoms with Gasteiger partial charge in [-0.25, -0.2) is 0 Å². The van der Waals surface area contributed by atoms with Crippen LogP contribution in [-0.4, -0.2) is 33.7 Å². The number of nitrogens with one attached hydrogen (secondary N) is 1. The molecular formula is C16H22N4O2. The zero-order chi connectivity index (χ0) is 15.5. The Morgan fingerprint density at radius 3 is 3.14 bits per heavy atom. The second-order valence-electron chi connectivity index (χ2n) is 5.88. The molecule has 2 aromatic heterocycles. The second kappa shape index (κ2) is 6.36. The molecule has 118 valence electrons. The molecule has 3 rings (SSSR count). The molecule has 6 nitrogen and oxygen atoms in total. The van der Waals surface area contributed by atoms with E-state index in [1.807, 2.05) is 43.2 Å². The zero-order valence-electron chi connectivity index (χ0n) is 13.0. The van der Waals surface area contributed by atoms with Crippen molar-refractivity contribution in [2.45, 2.75) is 31.8 Å². The lowest BCUT2D eigenvalue weighted by Crippen LogP contribution is -2.37. The summed E-state index contributed by atoms with van der Waals surface area (Å²) >= 11 is 0. The number of nitrogens with zero attached hydrogens (tertiary/aromatic N) is 3. The molecular weight excluding hydrogens is 280 g/mol. The first kappa shape index (κ1) is 14.8. The quantitative estimate of drug-likeness (QED) is 0.918. The fourth-order valence-electron chi connectivity index (χ4n) is 3.09. The monoisotopic (exact) mass is 302 g/mol. The number of aromatic nitrogens is 2. The Bertz CT molecular complexity index is 620. The van der Waals surface area contributed by atoms with Gasteiger partial charge in [-0.3, -0.25) is 14.4 Å². The van der Waals surface area contributed by atoms with E-state index >= 15 is 0 Å². The van der Waals surface area contributed by atoms with Gasteiger partial charge in [0.05, 0.1) is 25.0 Å². The molecule has 0 saturated carbocycles. The number of amides is 1. The number of hydrogen-bond donors (Lipinski definition) is 1. The summed E-state index contributed by atoms with van der Waals surface area (Å²) in [5.74, 6) is 0.804. The summed E-state index contributed by atoms with van der Waals surface area (Å²) in [5.41, 5.74) is 1.19. The average molecular weight is 302 g/mol. The Labute approximate surface area is 130 Å². The van der Waals surface area contributed by atoms with E-state index in [1.54, 1.807) is 6.26 Å². The normalized spacial score (nSPS) is 20.2. The first-order valence-electron chi connectivity index (χ1n) is 7.69. The molecule has 1 fully saturated rings. The SMILES string of the molecule is C[C@@H](NC(=O)CN1CCC[C@H]1c1cnn(C)c1)c1ccco1. The van der Waals surface area contributed by atoms with Crippen molar-refractivity contribution < 1.29 is 9.21 Å². The second-order valence-corrected chi connectivity index (χ2v) is 5.88. The third-order valence-electron chi connectivity index (χ3n) is 4.17. The first-order valence-corrected chi connectivity index (χ1v) is 7.69. The van der Waals surface area contributed by atoms with Gasteiger partial charge in [0.1, 0.15) is 5.76 Å². The summed E-state index contributed by atoms with van der Waals surface area (Å²) in [7, 11) is 1.92. The van der Waals surface area contributed by atoms with Gasteiger partial charge in [0.15, 0.2) is 0 Å². The smallest absolute Gasteiger partial charge is 0.234 e. The first-order chi connectivity index (χ1) is 10.6. The van der Waals surface area contributed by atoms with E-state index in [4.69, 9.17) is 4.42 Å². The summed E-state index contributed by atoms with van der Waals surface area (Å²) in [4.78, 5) is 14.5. The van der Waals surface area contributed by atoms with E-state index in [9.17, 15) is 4.79 Å². The summed E-state index contributed by atoms with van der Waals surface area (Å²) in [6.07, 6.45) is 7.74. The molecule has 1 aliphatic rings. The summed E-state index contributed by atoms with van der Waals surface area (Å²) in [6.45, 7) is 3.28. The molecule has 0 aliphatic carbocycles. The predicted octanol–water partition coefficient (Wildman–Crippen LogP) is 2.03. The highest BCUT2D eigenvalue weighted by Gasteiger charge is 2.28. The molecule has 22 heavy (non-hydrogen) atoms. The molecule has 3 heterocycles. The minimum absolute atomic E-state index is 0.0275. The van der Waals surface area contributed by atoms with Crippen LogP contribution in [0.5, 0.6) is 0 Å². The van der Waals surface area contributed by atoms with E-state index in [0.29, 0.717) is 12.6 Å². The van der Waals surface area contributed by atoms with Crippen LogP contribution in [-0.2, 0) is 11.8 Å². The number of rotatable bonds is 5. The largest absolute Gasteiger partial charge is 0.467 e. The van der Waals surface area contributed by atoms with Crippen LogP contribution in [0.1, 0.15) is 43.2 Å². The predicted molar refractivity (Wildman–Crippen MR) is 82.0 cm³/mol. The van der Waals surface area contributed by atoms with Crippen LogP contribution in [0.4, 0.5) is 0 Å². The molecule has 1 saturated heterocycles. The van der Waals surface area contributed by atoms with Crippen LogP contribution in [0.15, 0.2) is 35.2 Å². The van der Waals surface area contributed by atoms with Gasteiger partial charge in [-0.2, -0.15) is 5.10 Å². The molecule has 6 heteroatoms. The lowest BCUT2D eigenvalue weighted by molar-refractivity contribution is -0.123. The third-order valence-corrected chi connectivity index (χ3v) is 4.17. The zero-order valence-corrected chi connectivity index (χ0v) is 13.0. The molecule has 2 aromatic rings. The lowest BCUT2D eigenvalue weighted by atomic mass is 10.1. The molecule has 1 N–H and O–H groups in total. The number of carbonyl (C=O) groups is 1. The van der Waals surface area contributed by atoms with Crippen molar-refractivity contribution in [3.63, 3.8) is 0 Å². The van der Waals surface area contributed by atoms with Gasteiger partial charge in [0.2, 0.25) is 5.91 Å². The molecule has 0 unspecified atom stereocenters. The Kier molecular flexibility index (Phi) is 4.29. The van der Waals surface area contributed by atoms with Crippen LogP contribution in [0.3, 0.4) is 0 Å². The van der Waals surface area contributed by atoms with Crippen LogP contribution >= 0.6 is 0 Å². The van der Waals surface area contributed by atoms with E-state index in [0.717, 1.165) is 25.1 Å². The molecule has 1 amide bonds. The van der Waals surface area contributed by atoms with E-state index in [-0.39, 0.29) is 11.9 Å². The average Bonchev–Trinajstić information content (AvgIpc) is 3.18. The van der Waals surface area contributed by atoms with Crippen molar-refractivity contribution in [3.8, 4) is 0 Å². The molecule has 0 aromatic carbocycles. The van der Waals surface area contributed by atoms with Gasteiger partial charge >= 0.3 is 0 Å². The van der Waals surface area contributed by atoms with Crippen LogP contribution in [0, 0.1) is 0 Å².